The van der Waals surface area contributed by atoms with Gasteiger partial charge in [0.1, 0.15) is 0 Å². The molecule has 7 heteroatoms. The Kier molecular flexibility index (Phi) is 5.77. The smallest absolute Gasteiger partial charge is 0.230 e. The first-order chi connectivity index (χ1) is 15.8. The molecule has 0 bridgehead atoms. The number of carbonyl (C=O) groups excluding carboxylic acids is 2. The van der Waals surface area contributed by atoms with Crippen molar-refractivity contribution in [2.75, 3.05) is 16.0 Å². The van der Waals surface area contributed by atoms with E-state index >= 15 is 0 Å². The van der Waals surface area contributed by atoms with Crippen molar-refractivity contribution in [2.24, 2.45) is 5.92 Å². The van der Waals surface area contributed by atoms with Gasteiger partial charge >= 0.3 is 0 Å². The average molecular weight is 467 g/mol. The van der Waals surface area contributed by atoms with Crippen LogP contribution >= 0.6 is 0 Å². The summed E-state index contributed by atoms with van der Waals surface area (Å²) in [5.41, 5.74) is 4.97. The fourth-order valence-corrected chi connectivity index (χ4v) is 6.41. The number of carbonyl (C=O) groups is 2. The van der Waals surface area contributed by atoms with Crippen LogP contribution in [0, 0.1) is 5.92 Å². The molecule has 1 fully saturated rings. The molecule has 2 amide bonds. The second kappa shape index (κ2) is 8.60. The van der Waals surface area contributed by atoms with Crippen LogP contribution in [0.1, 0.15) is 55.7 Å². The standard InChI is InChI=1S/C26H30N2O4S/c1-17-15-20-16-21(11-12-24(20)28(17)26(30)19-9-10-19)33(31,32)14-13-25(29)27-23-8-4-6-18-5-2-3-7-22(18)23/h4,6,8,11-12,16-17,19H,2-3,5,7,9-10,13-15H2,1H3,(H,27,29)/t17-/m1/s1. The molecule has 5 rings (SSSR count). The molecule has 1 N–H and O–H groups in total. The molecule has 1 aliphatic heterocycles. The Morgan fingerprint density at radius 3 is 2.64 bits per heavy atom. The predicted molar refractivity (Wildman–Crippen MR) is 128 cm³/mol. The molecule has 174 valence electrons. The van der Waals surface area contributed by atoms with Crippen molar-refractivity contribution in [1.29, 1.82) is 0 Å². The minimum Gasteiger partial charge on any atom is -0.326 e. The Morgan fingerprint density at radius 1 is 1.06 bits per heavy atom. The lowest BCUT2D eigenvalue weighted by Gasteiger charge is -2.22. The molecular formula is C26H30N2O4S. The van der Waals surface area contributed by atoms with Crippen LogP contribution in [0.3, 0.4) is 0 Å². The second-order valence-corrected chi connectivity index (χ2v) is 11.7. The Bertz CT molecular complexity index is 1220. The summed E-state index contributed by atoms with van der Waals surface area (Å²) in [6.45, 7) is 2.00. The second-order valence-electron chi connectivity index (χ2n) is 9.59. The van der Waals surface area contributed by atoms with Crippen molar-refractivity contribution in [2.45, 2.75) is 69.2 Å². The predicted octanol–water partition coefficient (Wildman–Crippen LogP) is 4.06. The summed E-state index contributed by atoms with van der Waals surface area (Å²) in [6, 6.07) is 11.0. The highest BCUT2D eigenvalue weighted by Crippen LogP contribution is 2.39. The van der Waals surface area contributed by atoms with E-state index in [0.717, 1.165) is 55.5 Å². The van der Waals surface area contributed by atoms with Crippen LogP contribution in [0.5, 0.6) is 0 Å². The third-order valence-corrected chi connectivity index (χ3v) is 8.77. The number of amides is 2. The lowest BCUT2D eigenvalue weighted by molar-refractivity contribution is -0.120. The molecule has 1 atom stereocenters. The minimum atomic E-state index is -3.61. The summed E-state index contributed by atoms with van der Waals surface area (Å²) in [6.07, 6.45) is 6.67. The maximum atomic E-state index is 13.0. The molecule has 0 radical (unpaired) electrons. The van der Waals surface area contributed by atoms with Crippen LogP contribution in [0.4, 0.5) is 11.4 Å². The van der Waals surface area contributed by atoms with E-state index in [1.54, 1.807) is 18.2 Å². The highest BCUT2D eigenvalue weighted by Gasteiger charge is 2.39. The minimum absolute atomic E-state index is 0.0358. The van der Waals surface area contributed by atoms with Crippen molar-refractivity contribution < 1.29 is 18.0 Å². The third-order valence-electron chi connectivity index (χ3n) is 7.06. The van der Waals surface area contributed by atoms with Gasteiger partial charge in [-0.2, -0.15) is 0 Å². The molecule has 3 aliphatic rings. The molecule has 1 saturated carbocycles. The maximum Gasteiger partial charge on any atom is 0.230 e. The van der Waals surface area contributed by atoms with Gasteiger partial charge in [-0.25, -0.2) is 8.42 Å². The first kappa shape index (κ1) is 22.1. The highest BCUT2D eigenvalue weighted by atomic mass is 32.2. The normalized spacial score (nSPS) is 19.7. The van der Waals surface area contributed by atoms with E-state index in [4.69, 9.17) is 0 Å². The summed E-state index contributed by atoms with van der Waals surface area (Å²) < 4.78 is 26.0. The number of rotatable bonds is 6. The van der Waals surface area contributed by atoms with E-state index in [1.165, 1.54) is 11.1 Å². The highest BCUT2D eigenvalue weighted by molar-refractivity contribution is 7.91. The molecule has 0 unspecified atom stereocenters. The van der Waals surface area contributed by atoms with Crippen molar-refractivity contribution >= 4 is 33.0 Å². The van der Waals surface area contributed by atoms with Crippen molar-refractivity contribution in [3.63, 3.8) is 0 Å². The number of nitrogens with one attached hydrogen (secondary N) is 1. The number of anilines is 2. The molecule has 0 spiro atoms. The number of nitrogens with zero attached hydrogens (tertiary/aromatic N) is 1. The van der Waals surface area contributed by atoms with Gasteiger partial charge in [0.25, 0.3) is 0 Å². The quantitative estimate of drug-likeness (QED) is 0.696. The zero-order chi connectivity index (χ0) is 23.2. The number of hydrogen-bond acceptors (Lipinski definition) is 4. The van der Waals surface area contributed by atoms with E-state index in [1.807, 2.05) is 24.0 Å². The van der Waals surface area contributed by atoms with Gasteiger partial charge in [-0.3, -0.25) is 9.59 Å². The first-order valence-corrected chi connectivity index (χ1v) is 13.6. The number of sulfone groups is 1. The van der Waals surface area contributed by atoms with Crippen molar-refractivity contribution in [1.82, 2.24) is 0 Å². The van der Waals surface area contributed by atoms with Crippen LogP contribution in [-0.2, 0) is 38.7 Å². The van der Waals surface area contributed by atoms with Gasteiger partial charge in [0.2, 0.25) is 11.8 Å². The number of benzene rings is 2. The molecule has 2 aromatic rings. The summed E-state index contributed by atoms with van der Waals surface area (Å²) in [5.74, 6) is -0.256. The Balaban J connectivity index is 1.26. The Hall–Kier alpha value is -2.67. The zero-order valence-electron chi connectivity index (χ0n) is 19.0. The summed E-state index contributed by atoms with van der Waals surface area (Å²) >= 11 is 0. The zero-order valence-corrected chi connectivity index (χ0v) is 19.8. The van der Waals surface area contributed by atoms with Crippen LogP contribution in [0.25, 0.3) is 0 Å². The topological polar surface area (TPSA) is 83.6 Å². The first-order valence-electron chi connectivity index (χ1n) is 11.9. The third kappa shape index (κ3) is 4.43. The molecule has 0 aromatic heterocycles. The van der Waals surface area contributed by atoms with E-state index in [9.17, 15) is 18.0 Å². The largest absolute Gasteiger partial charge is 0.326 e. The molecule has 33 heavy (non-hydrogen) atoms. The van der Waals surface area contributed by atoms with Gasteiger partial charge in [0.15, 0.2) is 9.84 Å². The van der Waals surface area contributed by atoms with Gasteiger partial charge in [0.05, 0.1) is 10.6 Å². The number of fused-ring (bicyclic) bond motifs is 2. The lowest BCUT2D eigenvalue weighted by atomic mass is 9.90. The summed E-state index contributed by atoms with van der Waals surface area (Å²) in [7, 11) is -3.61. The van der Waals surface area contributed by atoms with Crippen LogP contribution in [0.2, 0.25) is 0 Å². The van der Waals surface area contributed by atoms with E-state index < -0.39 is 9.84 Å². The molecule has 2 aliphatic carbocycles. The fraction of sp³-hybridized carbons (Fsp3) is 0.462. The molecule has 6 nitrogen and oxygen atoms in total. The van der Waals surface area contributed by atoms with Gasteiger partial charge in [-0.05, 0) is 92.8 Å². The average Bonchev–Trinajstić information content (AvgIpc) is 3.59. The van der Waals surface area contributed by atoms with E-state index in [2.05, 4.69) is 11.4 Å². The summed E-state index contributed by atoms with van der Waals surface area (Å²) in [4.78, 5) is 27.3. The van der Waals surface area contributed by atoms with Crippen LogP contribution in [-0.4, -0.2) is 32.0 Å². The maximum absolute atomic E-state index is 13.0. The Morgan fingerprint density at radius 2 is 1.85 bits per heavy atom. The molecule has 0 saturated heterocycles. The van der Waals surface area contributed by atoms with Gasteiger partial charge in [-0.1, -0.05) is 12.1 Å². The van der Waals surface area contributed by atoms with E-state index in [0.29, 0.717) is 6.42 Å². The lowest BCUT2D eigenvalue weighted by Crippen LogP contribution is -2.36. The van der Waals surface area contributed by atoms with Crippen molar-refractivity contribution in [3.8, 4) is 0 Å². The molecule has 2 aromatic carbocycles. The monoisotopic (exact) mass is 466 g/mol. The van der Waals surface area contributed by atoms with Gasteiger partial charge in [-0.15, -0.1) is 0 Å². The van der Waals surface area contributed by atoms with Gasteiger partial charge < -0.3 is 10.2 Å². The van der Waals surface area contributed by atoms with Crippen LogP contribution in [0.15, 0.2) is 41.3 Å². The van der Waals surface area contributed by atoms with Crippen LogP contribution < -0.4 is 10.2 Å². The summed E-state index contributed by atoms with van der Waals surface area (Å²) in [5, 5.41) is 2.93. The fourth-order valence-electron chi connectivity index (χ4n) is 5.12. The van der Waals surface area contributed by atoms with E-state index in [-0.39, 0.29) is 40.8 Å². The SMILES string of the molecule is C[C@@H]1Cc2cc(S(=O)(=O)CCC(=O)Nc3cccc4c3CCCC4)ccc2N1C(=O)C1CC1. The van der Waals surface area contributed by atoms with Gasteiger partial charge in [0, 0.05) is 29.8 Å². The number of aryl methyl sites for hydroxylation is 1. The molecular weight excluding hydrogens is 436 g/mol. The number of hydrogen-bond donors (Lipinski definition) is 1. The Labute approximate surface area is 195 Å². The van der Waals surface area contributed by atoms with Crippen molar-refractivity contribution in [3.05, 3.63) is 53.1 Å². The molecule has 1 heterocycles.